The van der Waals surface area contributed by atoms with Gasteiger partial charge >= 0.3 is 0 Å². The van der Waals surface area contributed by atoms with E-state index in [-0.39, 0.29) is 17.3 Å². The van der Waals surface area contributed by atoms with E-state index in [1.807, 2.05) is 13.1 Å². The number of benzene rings is 1. The Morgan fingerprint density at radius 2 is 2.33 bits per heavy atom. The third kappa shape index (κ3) is 3.52. The minimum absolute atomic E-state index is 0.0877. The minimum Gasteiger partial charge on any atom is -0.383 e. The smallest absolute Gasteiger partial charge is 0.287 e. The number of nitriles is 1. The number of ether oxygens (including phenoxy) is 1. The van der Waals surface area contributed by atoms with E-state index in [0.29, 0.717) is 13.0 Å². The number of likely N-dealkylation sites (N-methyl/N-ethyl adjacent to an activating group) is 1. The lowest BCUT2D eigenvalue weighted by molar-refractivity contribution is -0.385. The van der Waals surface area contributed by atoms with E-state index in [2.05, 4.69) is 5.32 Å². The van der Waals surface area contributed by atoms with Crippen molar-refractivity contribution >= 4 is 5.69 Å². The Bertz CT molecular complexity index is 468. The molecule has 1 rings (SSSR count). The third-order valence-corrected chi connectivity index (χ3v) is 2.64. The summed E-state index contributed by atoms with van der Waals surface area (Å²) in [6.45, 7) is 0.537. The Balaban J connectivity index is 2.92. The maximum absolute atomic E-state index is 10.7. The molecule has 18 heavy (non-hydrogen) atoms. The lowest BCUT2D eigenvalue weighted by Gasteiger charge is -2.15. The standard InChI is InChI=1S/C12H15N3O3/c1-14-11(8-18-2)6-9-3-4-12(15(16)17)10(5-9)7-13/h3-5,11,14H,6,8H2,1-2H3. The van der Waals surface area contributed by atoms with E-state index in [0.717, 1.165) is 5.56 Å². The van der Waals surface area contributed by atoms with Crippen LogP contribution in [0.3, 0.4) is 0 Å². The van der Waals surface area contributed by atoms with Crippen molar-refractivity contribution in [2.24, 2.45) is 0 Å². The van der Waals surface area contributed by atoms with Crippen molar-refractivity contribution in [2.75, 3.05) is 20.8 Å². The van der Waals surface area contributed by atoms with Crippen LogP contribution in [0.25, 0.3) is 0 Å². The highest BCUT2D eigenvalue weighted by atomic mass is 16.6. The molecule has 0 amide bonds. The van der Waals surface area contributed by atoms with Gasteiger partial charge in [-0.25, -0.2) is 0 Å². The molecule has 1 unspecified atom stereocenters. The van der Waals surface area contributed by atoms with Crippen molar-refractivity contribution in [3.63, 3.8) is 0 Å². The lowest BCUT2D eigenvalue weighted by Crippen LogP contribution is -2.32. The topological polar surface area (TPSA) is 88.2 Å². The van der Waals surface area contributed by atoms with E-state index in [1.54, 1.807) is 19.2 Å². The number of hydrogen-bond donors (Lipinski definition) is 1. The molecule has 1 atom stereocenters. The number of nitro groups is 1. The number of nitrogens with one attached hydrogen (secondary N) is 1. The highest BCUT2D eigenvalue weighted by Crippen LogP contribution is 2.19. The fourth-order valence-electron chi connectivity index (χ4n) is 1.69. The number of nitro benzene ring substituents is 1. The van der Waals surface area contributed by atoms with Gasteiger partial charge in [-0.3, -0.25) is 10.1 Å². The van der Waals surface area contributed by atoms with Gasteiger partial charge in [-0.1, -0.05) is 6.07 Å². The summed E-state index contributed by atoms with van der Waals surface area (Å²) in [4.78, 5) is 10.1. The van der Waals surface area contributed by atoms with Gasteiger partial charge in [-0.2, -0.15) is 5.26 Å². The summed E-state index contributed by atoms with van der Waals surface area (Å²) >= 11 is 0. The van der Waals surface area contributed by atoms with Crippen molar-refractivity contribution in [3.8, 4) is 6.07 Å². The van der Waals surface area contributed by atoms with Crippen LogP contribution >= 0.6 is 0 Å². The summed E-state index contributed by atoms with van der Waals surface area (Å²) in [5.41, 5.74) is 0.798. The van der Waals surface area contributed by atoms with E-state index in [1.165, 1.54) is 6.07 Å². The van der Waals surface area contributed by atoms with Gasteiger partial charge in [0.05, 0.1) is 11.5 Å². The molecule has 0 heterocycles. The van der Waals surface area contributed by atoms with Gasteiger partial charge in [0.25, 0.3) is 5.69 Å². The molecule has 0 aliphatic heterocycles. The molecular weight excluding hydrogens is 234 g/mol. The van der Waals surface area contributed by atoms with Crippen LogP contribution < -0.4 is 5.32 Å². The van der Waals surface area contributed by atoms with Crippen LogP contribution in [0.4, 0.5) is 5.69 Å². The molecule has 96 valence electrons. The quantitative estimate of drug-likeness (QED) is 0.605. The zero-order chi connectivity index (χ0) is 13.5. The molecule has 6 nitrogen and oxygen atoms in total. The van der Waals surface area contributed by atoms with E-state index in [9.17, 15) is 10.1 Å². The van der Waals surface area contributed by atoms with Crippen LogP contribution in [0.2, 0.25) is 0 Å². The van der Waals surface area contributed by atoms with Crippen LogP contribution in [-0.2, 0) is 11.2 Å². The van der Waals surface area contributed by atoms with Crippen LogP contribution in [0.1, 0.15) is 11.1 Å². The second-order valence-corrected chi connectivity index (χ2v) is 3.87. The molecule has 0 bridgehead atoms. The molecule has 0 aromatic heterocycles. The normalized spacial score (nSPS) is 11.8. The van der Waals surface area contributed by atoms with Crippen molar-refractivity contribution in [2.45, 2.75) is 12.5 Å². The summed E-state index contributed by atoms with van der Waals surface area (Å²) < 4.78 is 5.05. The molecule has 0 saturated heterocycles. The van der Waals surface area contributed by atoms with Crippen LogP contribution in [-0.4, -0.2) is 31.7 Å². The first-order valence-electron chi connectivity index (χ1n) is 5.46. The van der Waals surface area contributed by atoms with Crippen molar-refractivity contribution in [1.82, 2.24) is 5.32 Å². The van der Waals surface area contributed by atoms with Gasteiger partial charge in [0.1, 0.15) is 11.6 Å². The van der Waals surface area contributed by atoms with Gasteiger partial charge in [0, 0.05) is 19.2 Å². The van der Waals surface area contributed by atoms with Gasteiger partial charge in [-0.05, 0) is 25.1 Å². The maximum atomic E-state index is 10.7. The molecule has 0 fully saturated rings. The number of nitrogens with zero attached hydrogens (tertiary/aromatic N) is 2. The first-order valence-corrected chi connectivity index (χ1v) is 5.46. The third-order valence-electron chi connectivity index (χ3n) is 2.64. The molecule has 0 saturated carbocycles. The summed E-state index contributed by atoms with van der Waals surface area (Å²) in [7, 11) is 3.43. The predicted octanol–water partition coefficient (Wildman–Crippen LogP) is 1.24. The second kappa shape index (κ2) is 6.69. The molecule has 0 aliphatic carbocycles. The Kier molecular flexibility index (Phi) is 5.24. The maximum Gasteiger partial charge on any atom is 0.287 e. The van der Waals surface area contributed by atoms with Crippen LogP contribution in [0, 0.1) is 21.4 Å². The first kappa shape index (κ1) is 14.1. The Morgan fingerprint density at radius 3 is 2.83 bits per heavy atom. The van der Waals surface area contributed by atoms with E-state index < -0.39 is 4.92 Å². The monoisotopic (exact) mass is 249 g/mol. The van der Waals surface area contributed by atoms with Gasteiger partial charge < -0.3 is 10.1 Å². The van der Waals surface area contributed by atoms with Crippen LogP contribution in [0.5, 0.6) is 0 Å². The highest BCUT2D eigenvalue weighted by Gasteiger charge is 2.15. The first-order chi connectivity index (χ1) is 8.62. The fraction of sp³-hybridized carbons (Fsp3) is 0.417. The molecule has 0 aliphatic rings. The number of rotatable bonds is 6. The predicted molar refractivity (Wildman–Crippen MR) is 66.2 cm³/mol. The fourth-order valence-corrected chi connectivity index (χ4v) is 1.69. The zero-order valence-corrected chi connectivity index (χ0v) is 10.3. The molecule has 0 radical (unpaired) electrons. The van der Waals surface area contributed by atoms with Gasteiger partial charge in [-0.15, -0.1) is 0 Å². The van der Waals surface area contributed by atoms with Crippen molar-refractivity contribution in [3.05, 3.63) is 39.4 Å². The van der Waals surface area contributed by atoms with E-state index >= 15 is 0 Å². The van der Waals surface area contributed by atoms with E-state index in [4.69, 9.17) is 10.00 Å². The summed E-state index contributed by atoms with van der Waals surface area (Å²) in [6.07, 6.45) is 0.650. The van der Waals surface area contributed by atoms with Crippen molar-refractivity contribution in [1.29, 1.82) is 5.26 Å². The summed E-state index contributed by atoms with van der Waals surface area (Å²) in [6, 6.07) is 6.55. The average molecular weight is 249 g/mol. The second-order valence-electron chi connectivity index (χ2n) is 3.87. The minimum atomic E-state index is -0.549. The molecular formula is C12H15N3O3. The summed E-state index contributed by atoms with van der Waals surface area (Å²) in [5, 5.41) is 22.7. The van der Waals surface area contributed by atoms with Crippen LogP contribution in [0.15, 0.2) is 18.2 Å². The Morgan fingerprint density at radius 1 is 1.61 bits per heavy atom. The average Bonchev–Trinajstić information content (AvgIpc) is 2.37. The molecule has 0 spiro atoms. The van der Waals surface area contributed by atoms with Gasteiger partial charge in [0.15, 0.2) is 0 Å². The molecule has 1 aromatic carbocycles. The lowest BCUT2D eigenvalue weighted by atomic mass is 10.0. The zero-order valence-electron chi connectivity index (χ0n) is 10.3. The molecule has 1 aromatic rings. The molecule has 6 heteroatoms. The van der Waals surface area contributed by atoms with Crippen molar-refractivity contribution < 1.29 is 9.66 Å². The number of hydrogen-bond acceptors (Lipinski definition) is 5. The Hall–Kier alpha value is -1.97. The van der Waals surface area contributed by atoms with Gasteiger partial charge in [0.2, 0.25) is 0 Å². The summed E-state index contributed by atoms with van der Waals surface area (Å²) in [5.74, 6) is 0. The highest BCUT2D eigenvalue weighted by molar-refractivity contribution is 5.50. The SMILES string of the molecule is CNC(COC)Cc1ccc([N+](=O)[O-])c(C#N)c1. The number of methoxy groups -OCH3 is 1. The molecule has 1 N–H and O–H groups in total. The Labute approximate surface area is 105 Å². The largest absolute Gasteiger partial charge is 0.383 e.